The van der Waals surface area contributed by atoms with Crippen LogP contribution in [0.3, 0.4) is 0 Å². The summed E-state index contributed by atoms with van der Waals surface area (Å²) in [5, 5.41) is 0. The molecule has 1 aliphatic rings. The van der Waals surface area contributed by atoms with Crippen molar-refractivity contribution >= 4 is 7.60 Å². The molecular formula is C10H14NO3P. The lowest BCUT2D eigenvalue weighted by Crippen LogP contribution is -2.41. The first-order valence-electron chi connectivity index (χ1n) is 4.86. The number of nitrogens with two attached hydrogens (primary N) is 1. The largest absolute Gasteiger partial charge is 0.330 e. The zero-order valence-corrected chi connectivity index (χ0v) is 9.10. The average Bonchev–Trinajstić information content (AvgIpc) is 2.15. The van der Waals surface area contributed by atoms with E-state index in [1.54, 1.807) is 0 Å². The summed E-state index contributed by atoms with van der Waals surface area (Å²) in [5.74, 6) is 0. The van der Waals surface area contributed by atoms with Gasteiger partial charge >= 0.3 is 7.60 Å². The number of rotatable bonds is 1. The molecule has 5 heteroatoms. The summed E-state index contributed by atoms with van der Waals surface area (Å²) < 4.78 is 11.2. The third-order valence-corrected chi connectivity index (χ3v) is 4.36. The van der Waals surface area contributed by atoms with Gasteiger partial charge in [-0.3, -0.25) is 4.57 Å². The highest BCUT2D eigenvalue weighted by molar-refractivity contribution is 7.52. The molecular weight excluding hydrogens is 213 g/mol. The monoisotopic (exact) mass is 227 g/mol. The summed E-state index contributed by atoms with van der Waals surface area (Å²) in [6.07, 6.45) is 0.924. The van der Waals surface area contributed by atoms with Crippen LogP contribution in [0.4, 0.5) is 0 Å². The van der Waals surface area contributed by atoms with Crippen molar-refractivity contribution in [2.75, 3.05) is 0 Å². The molecule has 82 valence electrons. The molecule has 0 aromatic heterocycles. The first-order valence-corrected chi connectivity index (χ1v) is 6.54. The molecule has 0 spiro atoms. The molecule has 15 heavy (non-hydrogen) atoms. The van der Waals surface area contributed by atoms with E-state index in [1.165, 1.54) is 0 Å². The molecule has 2 unspecified atom stereocenters. The van der Waals surface area contributed by atoms with Crippen molar-refractivity contribution in [2.45, 2.75) is 24.5 Å². The minimum absolute atomic E-state index is 0.377. The van der Waals surface area contributed by atoms with E-state index in [-0.39, 0.29) is 0 Å². The van der Waals surface area contributed by atoms with E-state index in [2.05, 4.69) is 0 Å². The number of hydrogen-bond acceptors (Lipinski definition) is 2. The maximum absolute atomic E-state index is 11.2. The first kappa shape index (κ1) is 10.8. The Morgan fingerprint density at radius 3 is 2.27 bits per heavy atom. The maximum Gasteiger partial charge on any atom is 0.330 e. The molecule has 0 heterocycles. The van der Waals surface area contributed by atoms with Crippen molar-refractivity contribution in [3.05, 3.63) is 35.4 Å². The Morgan fingerprint density at radius 2 is 1.73 bits per heavy atom. The molecule has 0 saturated heterocycles. The molecule has 1 aliphatic carbocycles. The van der Waals surface area contributed by atoms with Crippen LogP contribution in [-0.4, -0.2) is 21.5 Å². The minimum atomic E-state index is -4.08. The van der Waals surface area contributed by atoms with E-state index >= 15 is 0 Å². The summed E-state index contributed by atoms with van der Waals surface area (Å²) in [6, 6.07) is 7.23. The van der Waals surface area contributed by atoms with Crippen molar-refractivity contribution < 1.29 is 14.4 Å². The van der Waals surface area contributed by atoms with Gasteiger partial charge in [-0.05, 0) is 24.0 Å². The highest BCUT2D eigenvalue weighted by atomic mass is 31.2. The number of hydrogen-bond donors (Lipinski definition) is 3. The summed E-state index contributed by atoms with van der Waals surface area (Å²) >= 11 is 0. The van der Waals surface area contributed by atoms with E-state index in [0.29, 0.717) is 12.8 Å². The average molecular weight is 227 g/mol. The Kier molecular flexibility index (Phi) is 2.69. The molecule has 1 aromatic carbocycles. The fraction of sp³-hybridized carbons (Fsp3) is 0.400. The Labute approximate surface area is 88.3 Å². The van der Waals surface area contributed by atoms with Crippen LogP contribution in [-0.2, 0) is 17.4 Å². The third-order valence-electron chi connectivity index (χ3n) is 2.93. The fourth-order valence-electron chi connectivity index (χ4n) is 2.09. The Bertz CT molecular complexity index is 415. The van der Waals surface area contributed by atoms with Gasteiger partial charge in [0.05, 0.1) is 5.66 Å². The molecule has 4 nitrogen and oxygen atoms in total. The van der Waals surface area contributed by atoms with E-state index in [4.69, 9.17) is 15.5 Å². The van der Waals surface area contributed by atoms with Gasteiger partial charge in [-0.2, -0.15) is 0 Å². The first-order chi connectivity index (χ1) is 6.98. The molecule has 4 N–H and O–H groups in total. The quantitative estimate of drug-likeness (QED) is 0.615. The molecule has 0 bridgehead atoms. The Balaban J connectivity index is 2.34. The van der Waals surface area contributed by atoms with Crippen molar-refractivity contribution in [1.82, 2.24) is 0 Å². The molecule has 2 rings (SSSR count). The van der Waals surface area contributed by atoms with Gasteiger partial charge in [-0.1, -0.05) is 24.3 Å². The zero-order valence-electron chi connectivity index (χ0n) is 8.21. The van der Waals surface area contributed by atoms with Crippen LogP contribution in [0.1, 0.15) is 11.1 Å². The van der Waals surface area contributed by atoms with E-state index in [9.17, 15) is 4.57 Å². The van der Waals surface area contributed by atoms with Crippen LogP contribution < -0.4 is 5.73 Å². The Hall–Kier alpha value is -0.670. The van der Waals surface area contributed by atoms with Gasteiger partial charge in [-0.15, -0.1) is 0 Å². The third kappa shape index (κ3) is 2.13. The van der Waals surface area contributed by atoms with Crippen molar-refractivity contribution in [2.24, 2.45) is 5.73 Å². The van der Waals surface area contributed by atoms with Crippen molar-refractivity contribution in [3.8, 4) is 0 Å². The number of fused-ring (bicyclic) bond motifs is 1. The summed E-state index contributed by atoms with van der Waals surface area (Å²) in [4.78, 5) is 18.3. The van der Waals surface area contributed by atoms with Crippen LogP contribution in [0, 0.1) is 0 Å². The predicted molar refractivity (Wildman–Crippen MR) is 57.7 cm³/mol. The second-order valence-corrected chi connectivity index (χ2v) is 5.84. The molecule has 2 atom stereocenters. The van der Waals surface area contributed by atoms with Crippen LogP contribution in [0.25, 0.3) is 0 Å². The highest BCUT2D eigenvalue weighted by Crippen LogP contribution is 2.46. The molecule has 0 radical (unpaired) electrons. The van der Waals surface area contributed by atoms with Crippen molar-refractivity contribution in [1.29, 1.82) is 0 Å². The van der Waals surface area contributed by atoms with Crippen molar-refractivity contribution in [3.63, 3.8) is 0 Å². The smallest absolute Gasteiger partial charge is 0.327 e. The van der Waals surface area contributed by atoms with Gasteiger partial charge in [-0.25, -0.2) is 0 Å². The van der Waals surface area contributed by atoms with Crippen LogP contribution >= 0.6 is 7.60 Å². The lowest BCUT2D eigenvalue weighted by molar-refractivity contribution is 0.343. The van der Waals surface area contributed by atoms with Gasteiger partial charge < -0.3 is 15.5 Å². The van der Waals surface area contributed by atoms with E-state index < -0.39 is 19.3 Å². The van der Waals surface area contributed by atoms with E-state index in [0.717, 1.165) is 11.1 Å². The van der Waals surface area contributed by atoms with Crippen LogP contribution in [0.5, 0.6) is 0 Å². The fourth-order valence-corrected chi connectivity index (χ4v) is 3.13. The predicted octanol–water partition coefficient (Wildman–Crippen LogP) is 0.659. The van der Waals surface area contributed by atoms with Gasteiger partial charge in [0.1, 0.15) is 0 Å². The molecule has 0 saturated carbocycles. The SMILES string of the molecule is NC1Cc2ccccc2CC1P(=O)(O)O. The summed E-state index contributed by atoms with van der Waals surface area (Å²) in [7, 11) is -4.08. The standard InChI is InChI=1S/C10H14NO3P/c11-9-5-7-3-1-2-4-8(7)6-10(9)15(12,13)14/h1-4,9-10H,5-6,11H2,(H2,12,13,14). The highest BCUT2D eigenvalue weighted by Gasteiger charge is 2.37. The molecule has 0 fully saturated rings. The second-order valence-electron chi connectivity index (χ2n) is 4.00. The van der Waals surface area contributed by atoms with Gasteiger partial charge in [0.15, 0.2) is 0 Å². The van der Waals surface area contributed by atoms with Gasteiger partial charge in [0.2, 0.25) is 0 Å². The lowest BCUT2D eigenvalue weighted by atomic mass is 9.88. The van der Waals surface area contributed by atoms with Crippen LogP contribution in [0.15, 0.2) is 24.3 Å². The second kappa shape index (κ2) is 3.72. The zero-order chi connectivity index (χ0) is 11.1. The normalized spacial score (nSPS) is 26.1. The van der Waals surface area contributed by atoms with E-state index in [1.807, 2.05) is 24.3 Å². The summed E-state index contributed by atoms with van der Waals surface area (Å²) in [5.41, 5.74) is 7.17. The minimum Gasteiger partial charge on any atom is -0.327 e. The summed E-state index contributed by atoms with van der Waals surface area (Å²) in [6.45, 7) is 0. The Morgan fingerprint density at radius 1 is 1.20 bits per heavy atom. The molecule has 0 amide bonds. The maximum atomic E-state index is 11.2. The lowest BCUT2D eigenvalue weighted by Gasteiger charge is -2.30. The van der Waals surface area contributed by atoms with Gasteiger partial charge in [0, 0.05) is 6.04 Å². The number of benzene rings is 1. The molecule has 0 aliphatic heterocycles. The molecule has 1 aromatic rings. The van der Waals surface area contributed by atoms with Crippen LogP contribution in [0.2, 0.25) is 0 Å². The van der Waals surface area contributed by atoms with Gasteiger partial charge in [0.25, 0.3) is 0 Å². The topological polar surface area (TPSA) is 83.6 Å².